The third-order valence-corrected chi connectivity index (χ3v) is 6.75. The van der Waals surface area contributed by atoms with Crippen molar-refractivity contribution in [3.05, 3.63) is 34.9 Å². The largest absolute Gasteiger partial charge is 0.349 e. The molecular weight excluding hydrogens is 388 g/mol. The minimum absolute atomic E-state index is 0.0220. The Hall–Kier alpha value is -1.60. The van der Waals surface area contributed by atoms with Crippen molar-refractivity contribution < 1.29 is 18.0 Å². The summed E-state index contributed by atoms with van der Waals surface area (Å²) in [5.74, 6) is -0.223. The molecule has 8 heteroatoms. The first-order valence-electron chi connectivity index (χ1n) is 9.24. The van der Waals surface area contributed by atoms with Crippen LogP contribution in [0, 0.1) is 0 Å². The summed E-state index contributed by atoms with van der Waals surface area (Å²) in [7, 11) is -3.08. The van der Waals surface area contributed by atoms with Crippen LogP contribution in [0.3, 0.4) is 0 Å². The molecule has 27 heavy (non-hydrogen) atoms. The van der Waals surface area contributed by atoms with E-state index in [4.69, 9.17) is 11.6 Å². The number of rotatable bonds is 8. The molecular formula is C19H27ClN2O4S. The molecule has 0 aromatic heterocycles. The van der Waals surface area contributed by atoms with Gasteiger partial charge in [0.15, 0.2) is 9.84 Å². The lowest BCUT2D eigenvalue weighted by molar-refractivity contribution is -0.134. The monoisotopic (exact) mass is 414 g/mol. The Labute approximate surface area is 166 Å². The zero-order valence-corrected chi connectivity index (χ0v) is 17.4. The van der Waals surface area contributed by atoms with E-state index in [-0.39, 0.29) is 35.8 Å². The number of amides is 2. The highest BCUT2D eigenvalue weighted by Gasteiger charge is 2.35. The average molecular weight is 415 g/mol. The first-order chi connectivity index (χ1) is 12.7. The molecule has 6 nitrogen and oxygen atoms in total. The molecule has 0 radical (unpaired) electrons. The lowest BCUT2D eigenvalue weighted by atomic mass is 10.0. The maximum Gasteiger partial charge on any atom is 0.225 e. The highest BCUT2D eigenvalue weighted by Crippen LogP contribution is 2.24. The molecule has 1 aliphatic heterocycles. The number of hydrogen-bond acceptors (Lipinski definition) is 4. The Morgan fingerprint density at radius 2 is 1.96 bits per heavy atom. The van der Waals surface area contributed by atoms with Gasteiger partial charge in [-0.2, -0.15) is 0 Å². The standard InChI is InChI=1S/C19H27ClN2O4S/c1-3-4-10-22(17-9-11-27(25,26)13-17)19(24)12-18(21-14(2)23)15-5-7-16(20)8-6-15/h5-8,17-18H,3-4,9-13H2,1-2H3,(H,21,23). The Kier molecular flexibility index (Phi) is 7.68. The Morgan fingerprint density at radius 1 is 1.30 bits per heavy atom. The summed E-state index contributed by atoms with van der Waals surface area (Å²) in [4.78, 5) is 26.3. The van der Waals surface area contributed by atoms with E-state index in [1.54, 1.807) is 29.2 Å². The normalized spacial score (nSPS) is 19.4. The molecule has 1 fully saturated rings. The van der Waals surface area contributed by atoms with Crippen LogP contribution < -0.4 is 5.32 Å². The topological polar surface area (TPSA) is 83.6 Å². The fourth-order valence-corrected chi connectivity index (χ4v) is 5.20. The number of benzene rings is 1. The van der Waals surface area contributed by atoms with Gasteiger partial charge in [-0.3, -0.25) is 9.59 Å². The van der Waals surface area contributed by atoms with E-state index < -0.39 is 15.9 Å². The van der Waals surface area contributed by atoms with Gasteiger partial charge in [-0.1, -0.05) is 37.1 Å². The number of nitrogens with zero attached hydrogens (tertiary/aromatic N) is 1. The van der Waals surface area contributed by atoms with Crippen molar-refractivity contribution in [1.29, 1.82) is 0 Å². The summed E-state index contributed by atoms with van der Waals surface area (Å²) in [5, 5.41) is 3.39. The average Bonchev–Trinajstić information content (AvgIpc) is 2.94. The SMILES string of the molecule is CCCCN(C(=O)CC(NC(C)=O)c1ccc(Cl)cc1)C1CCS(=O)(=O)C1. The second-order valence-corrected chi connectivity index (χ2v) is 9.67. The number of hydrogen-bond donors (Lipinski definition) is 1. The van der Waals surface area contributed by atoms with Crippen LogP contribution in [0.4, 0.5) is 0 Å². The van der Waals surface area contributed by atoms with E-state index in [2.05, 4.69) is 5.32 Å². The second-order valence-electron chi connectivity index (χ2n) is 7.01. The van der Waals surface area contributed by atoms with Crippen molar-refractivity contribution in [2.45, 2.75) is 51.6 Å². The molecule has 2 rings (SSSR count). The highest BCUT2D eigenvalue weighted by molar-refractivity contribution is 7.91. The molecule has 1 aromatic rings. The fraction of sp³-hybridized carbons (Fsp3) is 0.579. The summed E-state index contributed by atoms with van der Waals surface area (Å²) in [6.07, 6.45) is 2.29. The first-order valence-corrected chi connectivity index (χ1v) is 11.4. The Balaban J connectivity index is 2.18. The molecule has 150 valence electrons. The van der Waals surface area contributed by atoms with Crippen molar-refractivity contribution in [2.75, 3.05) is 18.1 Å². The molecule has 0 spiro atoms. The van der Waals surface area contributed by atoms with Gasteiger partial charge in [0.25, 0.3) is 0 Å². The van der Waals surface area contributed by atoms with E-state index in [1.165, 1.54) is 6.92 Å². The van der Waals surface area contributed by atoms with Crippen LogP contribution in [0.25, 0.3) is 0 Å². The number of carbonyl (C=O) groups excluding carboxylic acids is 2. The number of carbonyl (C=O) groups is 2. The smallest absolute Gasteiger partial charge is 0.225 e. The summed E-state index contributed by atoms with van der Waals surface area (Å²) < 4.78 is 23.7. The predicted octanol–water partition coefficient (Wildman–Crippen LogP) is 2.72. The lowest BCUT2D eigenvalue weighted by Gasteiger charge is -2.30. The van der Waals surface area contributed by atoms with E-state index in [1.807, 2.05) is 6.92 Å². The molecule has 2 unspecified atom stereocenters. The van der Waals surface area contributed by atoms with Crippen LogP contribution in [0.5, 0.6) is 0 Å². The summed E-state index contributed by atoms with van der Waals surface area (Å²) in [6, 6.07) is 6.24. The van der Waals surface area contributed by atoms with Gasteiger partial charge in [-0.15, -0.1) is 0 Å². The minimum Gasteiger partial charge on any atom is -0.349 e. The predicted molar refractivity (Wildman–Crippen MR) is 106 cm³/mol. The third kappa shape index (κ3) is 6.50. The second kappa shape index (κ2) is 9.55. The van der Waals surface area contributed by atoms with Crippen LogP contribution >= 0.6 is 11.6 Å². The van der Waals surface area contributed by atoms with Crippen LogP contribution in [-0.4, -0.2) is 49.2 Å². The van der Waals surface area contributed by atoms with Gasteiger partial charge in [0.05, 0.1) is 24.0 Å². The molecule has 2 amide bonds. The molecule has 1 N–H and O–H groups in total. The van der Waals surface area contributed by atoms with Crippen molar-refractivity contribution in [1.82, 2.24) is 10.2 Å². The maximum absolute atomic E-state index is 13.0. The molecule has 0 aliphatic carbocycles. The Bertz CT molecular complexity index is 764. The fourth-order valence-electron chi connectivity index (χ4n) is 3.35. The summed E-state index contributed by atoms with van der Waals surface area (Å²) in [6.45, 7) is 3.97. The van der Waals surface area contributed by atoms with E-state index in [9.17, 15) is 18.0 Å². The van der Waals surface area contributed by atoms with Crippen molar-refractivity contribution in [3.63, 3.8) is 0 Å². The van der Waals surface area contributed by atoms with Gasteiger partial charge < -0.3 is 10.2 Å². The highest BCUT2D eigenvalue weighted by atomic mass is 35.5. The molecule has 1 aromatic carbocycles. The van der Waals surface area contributed by atoms with Gasteiger partial charge in [0.2, 0.25) is 11.8 Å². The van der Waals surface area contributed by atoms with E-state index in [0.29, 0.717) is 18.0 Å². The number of halogens is 1. The molecule has 0 bridgehead atoms. The lowest BCUT2D eigenvalue weighted by Crippen LogP contribution is -2.43. The quantitative estimate of drug-likeness (QED) is 0.708. The van der Waals surface area contributed by atoms with Crippen molar-refractivity contribution in [2.24, 2.45) is 0 Å². The molecule has 0 saturated carbocycles. The number of nitrogens with one attached hydrogen (secondary N) is 1. The van der Waals surface area contributed by atoms with Crippen LogP contribution in [0.2, 0.25) is 5.02 Å². The summed E-state index contributed by atoms with van der Waals surface area (Å²) in [5.41, 5.74) is 0.789. The van der Waals surface area contributed by atoms with Crippen molar-refractivity contribution in [3.8, 4) is 0 Å². The van der Waals surface area contributed by atoms with Gasteiger partial charge in [0, 0.05) is 24.5 Å². The molecule has 1 aliphatic rings. The third-order valence-electron chi connectivity index (χ3n) is 4.75. The number of unbranched alkanes of at least 4 members (excludes halogenated alkanes) is 1. The molecule has 1 saturated heterocycles. The van der Waals surface area contributed by atoms with Crippen LogP contribution in [0.1, 0.15) is 51.1 Å². The molecule has 2 atom stereocenters. The van der Waals surface area contributed by atoms with Gasteiger partial charge >= 0.3 is 0 Å². The maximum atomic E-state index is 13.0. The zero-order valence-electron chi connectivity index (χ0n) is 15.8. The Morgan fingerprint density at radius 3 is 2.48 bits per heavy atom. The van der Waals surface area contributed by atoms with Gasteiger partial charge in [-0.05, 0) is 30.5 Å². The van der Waals surface area contributed by atoms with Gasteiger partial charge in [0.1, 0.15) is 0 Å². The van der Waals surface area contributed by atoms with E-state index in [0.717, 1.165) is 18.4 Å². The minimum atomic E-state index is -3.08. The molecule has 1 heterocycles. The van der Waals surface area contributed by atoms with Crippen molar-refractivity contribution >= 4 is 33.3 Å². The van der Waals surface area contributed by atoms with Crippen LogP contribution in [-0.2, 0) is 19.4 Å². The summed E-state index contributed by atoms with van der Waals surface area (Å²) >= 11 is 5.93. The first kappa shape index (κ1) is 21.7. The van der Waals surface area contributed by atoms with Crippen LogP contribution in [0.15, 0.2) is 24.3 Å². The number of sulfone groups is 1. The zero-order chi connectivity index (χ0) is 20.0. The van der Waals surface area contributed by atoms with E-state index >= 15 is 0 Å². The van der Waals surface area contributed by atoms with Gasteiger partial charge in [-0.25, -0.2) is 8.42 Å².